The molecule has 0 aromatic heterocycles. The van der Waals surface area contributed by atoms with Gasteiger partial charge in [-0.05, 0) is 42.8 Å². The van der Waals surface area contributed by atoms with Gasteiger partial charge in [0, 0.05) is 46.0 Å². The van der Waals surface area contributed by atoms with Crippen LogP contribution in [0.2, 0.25) is 0 Å². The van der Waals surface area contributed by atoms with Crippen molar-refractivity contribution in [2.45, 2.75) is 16.7 Å². The van der Waals surface area contributed by atoms with Gasteiger partial charge in [-0.2, -0.15) is 0 Å². The minimum atomic E-state index is -5.09. The van der Waals surface area contributed by atoms with Gasteiger partial charge in [-0.1, -0.05) is 18.2 Å². The summed E-state index contributed by atoms with van der Waals surface area (Å²) in [5, 5.41) is 4.02. The van der Waals surface area contributed by atoms with Gasteiger partial charge in [0.05, 0.1) is 46.8 Å². The van der Waals surface area contributed by atoms with Crippen molar-refractivity contribution in [2.24, 2.45) is 0 Å². The molecular formula is C32H30N2Na2O14S4. The monoisotopic (exact) mass is 840 g/mol. The van der Waals surface area contributed by atoms with Crippen LogP contribution in [0.15, 0.2) is 87.0 Å². The summed E-state index contributed by atoms with van der Waals surface area (Å²) in [7, 11) is -15.8. The van der Waals surface area contributed by atoms with Gasteiger partial charge in [0.2, 0.25) is 15.8 Å². The normalized spacial score (nSPS) is 12.9. The number of anilines is 2. The molecule has 0 bridgehead atoms. The SMILES string of the molecule is COc1cc(S(=O)(=O)CCOS(=O)(=O)[O-])c(C)cc1Nc1ccc2c(-c3ccccc3S(=O)(=O)[O-])c3ccc(=[N+](C)CCS(=O)(=O)[O-])cc-3oc2c1.[Na+].[Na+]. The molecule has 16 nitrogen and oxygen atoms in total. The summed E-state index contributed by atoms with van der Waals surface area (Å²) in [4.78, 5) is -0.656. The molecule has 0 atom stereocenters. The van der Waals surface area contributed by atoms with Crippen LogP contribution in [0, 0.1) is 6.92 Å². The summed E-state index contributed by atoms with van der Waals surface area (Å²) < 4.78 is 146. The fourth-order valence-corrected chi connectivity index (χ4v) is 8.47. The number of nitrogens with one attached hydrogen (secondary N) is 1. The first-order valence-electron chi connectivity index (χ1n) is 15.0. The summed E-state index contributed by atoms with van der Waals surface area (Å²) in [5.74, 6) is -1.13. The van der Waals surface area contributed by atoms with Gasteiger partial charge in [-0.25, -0.2) is 38.2 Å². The molecule has 22 heteroatoms. The predicted octanol–water partition coefficient (Wildman–Crippen LogP) is -3.62. The van der Waals surface area contributed by atoms with E-state index in [4.69, 9.17) is 9.15 Å². The van der Waals surface area contributed by atoms with Crippen molar-refractivity contribution in [1.29, 1.82) is 0 Å². The number of rotatable bonds is 13. The van der Waals surface area contributed by atoms with Crippen LogP contribution in [0.1, 0.15) is 5.56 Å². The van der Waals surface area contributed by atoms with Crippen molar-refractivity contribution in [3.05, 3.63) is 83.7 Å². The van der Waals surface area contributed by atoms with Crippen LogP contribution >= 0.6 is 0 Å². The number of nitrogens with zero attached hydrogens (tertiary/aromatic N) is 1. The van der Waals surface area contributed by atoms with Gasteiger partial charge in [0.25, 0.3) is 0 Å². The Morgan fingerprint density at radius 3 is 2.11 bits per heavy atom. The van der Waals surface area contributed by atoms with Gasteiger partial charge in [0.15, 0.2) is 16.4 Å². The Morgan fingerprint density at radius 2 is 1.48 bits per heavy atom. The van der Waals surface area contributed by atoms with Crippen LogP contribution in [-0.2, 0) is 44.7 Å². The Morgan fingerprint density at radius 1 is 0.796 bits per heavy atom. The van der Waals surface area contributed by atoms with Gasteiger partial charge in [0.1, 0.15) is 44.4 Å². The second-order valence-corrected chi connectivity index (χ2v) is 17.5. The zero-order valence-corrected chi connectivity index (χ0v) is 36.8. The van der Waals surface area contributed by atoms with Gasteiger partial charge in [-0.15, -0.1) is 0 Å². The maximum absolute atomic E-state index is 12.9. The van der Waals surface area contributed by atoms with Crippen molar-refractivity contribution >= 4 is 62.8 Å². The largest absolute Gasteiger partial charge is 1.00 e. The molecule has 1 aliphatic heterocycles. The van der Waals surface area contributed by atoms with Crippen molar-refractivity contribution in [2.75, 3.05) is 44.1 Å². The van der Waals surface area contributed by atoms with Gasteiger partial charge >= 0.3 is 59.1 Å². The first-order valence-corrected chi connectivity index (χ1v) is 21.0. The van der Waals surface area contributed by atoms with E-state index >= 15 is 0 Å². The minimum absolute atomic E-state index is 0. The fraction of sp³-hybridized carbons (Fsp3) is 0.219. The average molecular weight is 841 g/mol. The van der Waals surface area contributed by atoms with E-state index in [1.807, 2.05) is 0 Å². The van der Waals surface area contributed by atoms with Gasteiger partial charge < -0.3 is 28.1 Å². The number of sulfone groups is 1. The molecule has 0 radical (unpaired) electrons. The van der Waals surface area contributed by atoms with Crippen LogP contribution in [0.25, 0.3) is 33.4 Å². The van der Waals surface area contributed by atoms with Crippen LogP contribution in [0.5, 0.6) is 5.75 Å². The van der Waals surface area contributed by atoms with Crippen molar-refractivity contribution in [3.8, 4) is 28.2 Å². The van der Waals surface area contributed by atoms with E-state index in [0.717, 1.165) is 0 Å². The molecule has 5 rings (SSSR count). The summed E-state index contributed by atoms with van der Waals surface area (Å²) in [6, 6.07) is 18.0. The molecule has 0 saturated carbocycles. The zero-order chi connectivity index (χ0) is 38.2. The second kappa shape index (κ2) is 17.8. The molecular weight excluding hydrogens is 811 g/mol. The average Bonchev–Trinajstić information content (AvgIpc) is 3.04. The standard InChI is InChI=1S/C32H32N2O14S4.2Na/c1-20-16-26(29(46-3)19-31(20)49(35,36)15-13-47-52(43,44)45)33-21-8-10-23-27(17-21)48-28-18-22(34(2)12-14-50(37,38)39)9-11-24(28)32(23)25-6-4-5-7-30(25)51(40,41)42;;/h4-11,16-19H,12-15H2,1-3H3,(H3,37,38,39,40,41,42,43,44,45);;/q;2*+1/p-2. The third kappa shape index (κ3) is 11.1. The Kier molecular flexibility index (Phi) is 15.2. The maximum atomic E-state index is 12.9. The molecule has 1 N–H and O–H groups in total. The van der Waals surface area contributed by atoms with E-state index in [2.05, 4.69) is 9.50 Å². The molecule has 0 fully saturated rings. The quantitative estimate of drug-likeness (QED) is 0.0395. The molecule has 54 heavy (non-hydrogen) atoms. The number of hydrogen-bond acceptors (Lipinski definition) is 15. The van der Waals surface area contributed by atoms with Crippen LogP contribution < -0.4 is 79.1 Å². The van der Waals surface area contributed by atoms with Crippen LogP contribution in [0.3, 0.4) is 0 Å². The third-order valence-corrected chi connectivity index (χ3v) is 11.8. The first kappa shape index (κ1) is 46.0. The topological polar surface area (TPSA) is 252 Å². The molecule has 2 aliphatic rings. The minimum Gasteiger partial charge on any atom is -0.748 e. The molecule has 3 aromatic carbocycles. The predicted molar refractivity (Wildman–Crippen MR) is 186 cm³/mol. The van der Waals surface area contributed by atoms with E-state index in [1.54, 1.807) is 49.5 Å². The Bertz CT molecular complexity index is 2700. The molecule has 0 amide bonds. The fourth-order valence-electron chi connectivity index (χ4n) is 5.54. The Hall–Kier alpha value is -2.41. The first-order chi connectivity index (χ1) is 24.2. The summed E-state index contributed by atoms with van der Waals surface area (Å²) in [5.41, 5.74) is 2.08. The number of benzene rings is 4. The summed E-state index contributed by atoms with van der Waals surface area (Å²) >= 11 is 0. The molecule has 0 spiro atoms. The molecule has 3 aromatic rings. The molecule has 1 aliphatic carbocycles. The number of fused-ring (bicyclic) bond motifs is 2. The molecule has 0 saturated heterocycles. The van der Waals surface area contributed by atoms with Crippen molar-refractivity contribution in [3.63, 3.8) is 0 Å². The zero-order valence-electron chi connectivity index (χ0n) is 29.6. The van der Waals surface area contributed by atoms with E-state index in [9.17, 15) is 47.3 Å². The third-order valence-electron chi connectivity index (χ3n) is 7.94. The van der Waals surface area contributed by atoms with Crippen molar-refractivity contribution < 1.29 is 120 Å². The van der Waals surface area contributed by atoms with E-state index in [1.165, 1.54) is 48.9 Å². The molecule has 1 heterocycles. The summed E-state index contributed by atoms with van der Waals surface area (Å²) in [6.45, 7) is 0.498. The number of ether oxygens (including phenoxy) is 1. The Labute approximate surface area is 356 Å². The number of methoxy groups -OCH3 is 1. The van der Waals surface area contributed by atoms with Crippen LogP contribution in [-0.4, -0.2) is 86.1 Å². The number of aryl methyl sites for hydroxylation is 1. The molecule has 278 valence electrons. The van der Waals surface area contributed by atoms with E-state index in [0.29, 0.717) is 33.2 Å². The second-order valence-electron chi connectivity index (χ2n) is 11.5. The smallest absolute Gasteiger partial charge is 0.748 e. The van der Waals surface area contributed by atoms with E-state index < -0.39 is 63.5 Å². The maximum Gasteiger partial charge on any atom is 1.00 e. The number of hydrogen-bond donors (Lipinski definition) is 1. The van der Waals surface area contributed by atoms with Crippen LogP contribution in [0.4, 0.5) is 11.4 Å². The van der Waals surface area contributed by atoms with E-state index in [-0.39, 0.29) is 98.8 Å². The Balaban J connectivity index is 0.00000392. The molecule has 0 unspecified atom stereocenters. The summed E-state index contributed by atoms with van der Waals surface area (Å²) in [6.07, 6.45) is 0. The van der Waals surface area contributed by atoms with Gasteiger partial charge in [-0.3, -0.25) is 4.18 Å². The van der Waals surface area contributed by atoms with Crippen molar-refractivity contribution in [1.82, 2.24) is 4.58 Å².